The van der Waals surface area contributed by atoms with Crippen LogP contribution in [-0.4, -0.2) is 36.0 Å². The normalized spacial score (nSPS) is 18.4. The minimum Gasteiger partial charge on any atom is -0.351 e. The van der Waals surface area contributed by atoms with E-state index in [2.05, 4.69) is 5.32 Å². The number of nitrogens with one attached hydrogen (secondary N) is 1. The highest BCUT2D eigenvalue weighted by atomic mass is 19.4. The number of benzene rings is 1. The molecule has 9 heteroatoms. The molecule has 1 fully saturated rings. The lowest BCUT2D eigenvalue weighted by atomic mass is 10.1. The Morgan fingerprint density at radius 3 is 2.50 bits per heavy atom. The number of hydrogen-bond acceptors (Lipinski definition) is 2. The maximum absolute atomic E-state index is 13.4. The molecule has 1 atom stereocenters. The van der Waals surface area contributed by atoms with Crippen LogP contribution in [0.3, 0.4) is 0 Å². The van der Waals surface area contributed by atoms with Gasteiger partial charge in [-0.2, -0.15) is 13.2 Å². The van der Waals surface area contributed by atoms with Crippen molar-refractivity contribution in [1.29, 1.82) is 0 Å². The number of alkyl halides is 3. The van der Waals surface area contributed by atoms with Crippen LogP contribution in [0.1, 0.15) is 22.3 Å². The summed E-state index contributed by atoms with van der Waals surface area (Å²) in [5.41, 5.74) is 3.45. The third kappa shape index (κ3) is 3.46. The van der Waals surface area contributed by atoms with Crippen LogP contribution < -0.4 is 11.1 Å². The molecule has 1 aliphatic heterocycles. The second-order valence-electron chi connectivity index (χ2n) is 4.94. The monoisotopic (exact) mass is 319 g/mol. The van der Waals surface area contributed by atoms with Crippen molar-refractivity contribution in [2.24, 2.45) is 5.73 Å². The predicted octanol–water partition coefficient (Wildman–Crippen LogP) is 1.73. The first-order valence-electron chi connectivity index (χ1n) is 6.40. The van der Waals surface area contributed by atoms with E-state index in [9.17, 15) is 27.2 Å². The van der Waals surface area contributed by atoms with Crippen LogP contribution >= 0.6 is 0 Å². The second-order valence-corrected chi connectivity index (χ2v) is 4.94. The largest absolute Gasteiger partial charge is 0.419 e. The van der Waals surface area contributed by atoms with Crippen molar-refractivity contribution in [1.82, 2.24) is 10.2 Å². The molecule has 1 saturated heterocycles. The molecule has 0 spiro atoms. The third-order valence-electron chi connectivity index (χ3n) is 3.37. The SMILES string of the molecule is NC(=O)N1CCC(NC(=O)c2ccc(C(F)(F)F)c(F)c2)C1. The highest BCUT2D eigenvalue weighted by molar-refractivity contribution is 5.94. The van der Waals surface area contributed by atoms with Gasteiger partial charge in [0, 0.05) is 24.7 Å². The van der Waals surface area contributed by atoms with Crippen LogP contribution in [-0.2, 0) is 6.18 Å². The van der Waals surface area contributed by atoms with Crippen LogP contribution in [0.4, 0.5) is 22.4 Å². The Morgan fingerprint density at radius 1 is 1.32 bits per heavy atom. The van der Waals surface area contributed by atoms with Gasteiger partial charge in [-0.3, -0.25) is 4.79 Å². The number of nitrogens with two attached hydrogens (primary N) is 1. The van der Waals surface area contributed by atoms with Gasteiger partial charge in [0.05, 0.1) is 5.56 Å². The number of hydrogen-bond donors (Lipinski definition) is 2. The number of likely N-dealkylation sites (tertiary alicyclic amines) is 1. The Kier molecular flexibility index (Phi) is 4.25. The van der Waals surface area contributed by atoms with Crippen molar-refractivity contribution < 1.29 is 27.2 Å². The molecule has 1 unspecified atom stereocenters. The first kappa shape index (κ1) is 16.1. The zero-order chi connectivity index (χ0) is 16.5. The molecule has 1 aromatic rings. The average molecular weight is 319 g/mol. The Balaban J connectivity index is 2.05. The van der Waals surface area contributed by atoms with Crippen LogP contribution in [0.2, 0.25) is 0 Å². The van der Waals surface area contributed by atoms with E-state index < -0.39 is 29.5 Å². The minimum absolute atomic E-state index is 0.212. The van der Waals surface area contributed by atoms with Gasteiger partial charge in [0.15, 0.2) is 0 Å². The summed E-state index contributed by atoms with van der Waals surface area (Å²) in [5, 5.41) is 2.53. The molecule has 2 rings (SSSR count). The number of rotatable bonds is 2. The number of halogens is 4. The molecule has 0 radical (unpaired) electrons. The number of primary amides is 1. The maximum atomic E-state index is 13.4. The zero-order valence-electron chi connectivity index (χ0n) is 11.3. The molecule has 5 nitrogen and oxygen atoms in total. The predicted molar refractivity (Wildman–Crippen MR) is 68.4 cm³/mol. The molecule has 120 valence electrons. The molecular formula is C13H13F4N3O2. The molecular weight excluding hydrogens is 306 g/mol. The molecule has 1 aromatic carbocycles. The van der Waals surface area contributed by atoms with Crippen molar-refractivity contribution >= 4 is 11.9 Å². The molecule has 22 heavy (non-hydrogen) atoms. The fraction of sp³-hybridized carbons (Fsp3) is 0.385. The van der Waals surface area contributed by atoms with Gasteiger partial charge in [-0.05, 0) is 24.6 Å². The summed E-state index contributed by atoms with van der Waals surface area (Å²) in [7, 11) is 0. The van der Waals surface area contributed by atoms with Gasteiger partial charge in [-0.25, -0.2) is 9.18 Å². The van der Waals surface area contributed by atoms with E-state index in [0.717, 1.165) is 6.07 Å². The molecule has 0 aromatic heterocycles. The van der Waals surface area contributed by atoms with Crippen molar-refractivity contribution in [3.05, 3.63) is 35.1 Å². The average Bonchev–Trinajstić information content (AvgIpc) is 2.85. The standard InChI is InChI=1S/C13H13F4N3O2/c14-10-5-7(1-2-9(10)13(15,16)17)11(21)19-8-3-4-20(6-8)12(18)22/h1-2,5,8H,3-4,6H2,(H2,18,22)(H,19,21). The van der Waals surface area contributed by atoms with Crippen LogP contribution in [0.15, 0.2) is 18.2 Å². The van der Waals surface area contributed by atoms with Crippen molar-refractivity contribution in [2.75, 3.05) is 13.1 Å². The first-order valence-corrected chi connectivity index (χ1v) is 6.40. The van der Waals surface area contributed by atoms with Crippen molar-refractivity contribution in [2.45, 2.75) is 18.6 Å². The quantitative estimate of drug-likeness (QED) is 0.815. The maximum Gasteiger partial charge on any atom is 0.419 e. The van der Waals surface area contributed by atoms with Crippen molar-refractivity contribution in [3.63, 3.8) is 0 Å². The summed E-state index contributed by atoms with van der Waals surface area (Å²) < 4.78 is 50.7. The summed E-state index contributed by atoms with van der Waals surface area (Å²) in [5.74, 6) is -2.21. The third-order valence-corrected chi connectivity index (χ3v) is 3.37. The number of carbonyl (C=O) groups is 2. The summed E-state index contributed by atoms with van der Waals surface area (Å²) in [4.78, 5) is 24.2. The summed E-state index contributed by atoms with van der Waals surface area (Å²) in [6, 6.07) is 0.984. The molecule has 0 saturated carbocycles. The molecule has 1 heterocycles. The Labute approximate surface area is 123 Å². The molecule has 1 aliphatic rings. The minimum atomic E-state index is -4.81. The van der Waals surface area contributed by atoms with Gasteiger partial charge in [0.25, 0.3) is 5.91 Å². The zero-order valence-corrected chi connectivity index (χ0v) is 11.3. The molecule has 3 N–H and O–H groups in total. The Hall–Kier alpha value is -2.32. The van der Waals surface area contributed by atoms with Gasteiger partial charge in [0.1, 0.15) is 5.82 Å². The van der Waals surface area contributed by atoms with E-state index in [-0.39, 0.29) is 18.2 Å². The van der Waals surface area contributed by atoms with E-state index >= 15 is 0 Å². The Bertz CT molecular complexity index is 603. The van der Waals surface area contributed by atoms with E-state index in [0.29, 0.717) is 25.1 Å². The van der Waals surface area contributed by atoms with Gasteiger partial charge < -0.3 is 16.0 Å². The van der Waals surface area contributed by atoms with Gasteiger partial charge >= 0.3 is 12.2 Å². The number of carbonyl (C=O) groups excluding carboxylic acids is 2. The smallest absolute Gasteiger partial charge is 0.351 e. The van der Waals surface area contributed by atoms with Crippen LogP contribution in [0.25, 0.3) is 0 Å². The molecule has 0 aliphatic carbocycles. The fourth-order valence-electron chi connectivity index (χ4n) is 2.23. The summed E-state index contributed by atoms with van der Waals surface area (Å²) in [6.45, 7) is 0.589. The van der Waals surface area contributed by atoms with E-state index in [1.165, 1.54) is 4.90 Å². The van der Waals surface area contributed by atoms with E-state index in [4.69, 9.17) is 5.73 Å². The van der Waals surface area contributed by atoms with Crippen LogP contribution in [0, 0.1) is 5.82 Å². The first-order chi connectivity index (χ1) is 10.2. The topological polar surface area (TPSA) is 75.4 Å². The van der Waals surface area contributed by atoms with Gasteiger partial charge in [-0.15, -0.1) is 0 Å². The number of urea groups is 1. The highest BCUT2D eigenvalue weighted by Gasteiger charge is 2.34. The lowest BCUT2D eigenvalue weighted by Gasteiger charge is -2.15. The number of amides is 3. The highest BCUT2D eigenvalue weighted by Crippen LogP contribution is 2.31. The summed E-state index contributed by atoms with van der Waals surface area (Å²) >= 11 is 0. The molecule has 3 amide bonds. The van der Waals surface area contributed by atoms with E-state index in [1.807, 2.05) is 0 Å². The van der Waals surface area contributed by atoms with Crippen LogP contribution in [0.5, 0.6) is 0 Å². The Morgan fingerprint density at radius 2 is 2.00 bits per heavy atom. The number of nitrogens with zero attached hydrogens (tertiary/aromatic N) is 1. The fourth-order valence-corrected chi connectivity index (χ4v) is 2.23. The summed E-state index contributed by atoms with van der Waals surface area (Å²) in [6.07, 6.45) is -4.34. The van der Waals surface area contributed by atoms with Gasteiger partial charge in [0.2, 0.25) is 0 Å². The van der Waals surface area contributed by atoms with E-state index in [1.54, 1.807) is 0 Å². The lowest BCUT2D eigenvalue weighted by molar-refractivity contribution is -0.140. The van der Waals surface area contributed by atoms with Gasteiger partial charge in [-0.1, -0.05) is 0 Å². The molecule has 0 bridgehead atoms. The lowest BCUT2D eigenvalue weighted by Crippen LogP contribution is -2.40. The second kappa shape index (κ2) is 5.82. The van der Waals surface area contributed by atoms with Crippen molar-refractivity contribution in [3.8, 4) is 0 Å².